The predicted molar refractivity (Wildman–Crippen MR) is 129 cm³/mol. The molecule has 8 heteroatoms. The fraction of sp³-hybridized carbons (Fsp3) is 0.370. The lowest BCUT2D eigenvalue weighted by Gasteiger charge is -2.44. The molecule has 35 heavy (non-hydrogen) atoms. The Kier molecular flexibility index (Phi) is 5.14. The third-order valence-corrected chi connectivity index (χ3v) is 7.29. The number of methoxy groups -OCH3 is 1. The van der Waals surface area contributed by atoms with Crippen molar-refractivity contribution in [3.63, 3.8) is 0 Å². The fourth-order valence-electron chi connectivity index (χ4n) is 5.23. The Hall–Kier alpha value is -3.65. The van der Waals surface area contributed by atoms with Gasteiger partial charge in [-0.25, -0.2) is 4.79 Å². The van der Waals surface area contributed by atoms with E-state index in [1.165, 1.54) is 30.5 Å². The molecule has 3 heterocycles. The number of nitrogens with zero attached hydrogens (tertiary/aromatic N) is 2. The second kappa shape index (κ2) is 8.23. The number of ether oxygens (including phenoxy) is 2. The van der Waals surface area contributed by atoms with Crippen LogP contribution in [0.1, 0.15) is 63.6 Å². The topological polar surface area (TPSA) is 101 Å². The van der Waals surface area contributed by atoms with Gasteiger partial charge in [-0.2, -0.15) is 0 Å². The highest BCUT2D eigenvalue weighted by Gasteiger charge is 2.42. The number of aromatic nitrogens is 1. The molecule has 2 N–H and O–H groups in total. The minimum atomic E-state index is -1.07. The molecule has 2 fully saturated rings. The number of piperidine rings is 1. The molecule has 2 aromatic carbocycles. The van der Waals surface area contributed by atoms with Crippen molar-refractivity contribution in [1.29, 1.82) is 0 Å². The van der Waals surface area contributed by atoms with E-state index >= 15 is 0 Å². The molecule has 180 valence electrons. The molecule has 1 amide bonds. The standard InChI is InChI=1S/C27H27N3O5/c1-34-23-14-18(28-24-19(16-5-6-16)3-2-4-20(23)24)15-30-11-9-27(10-12-30)29-25(31)21-13-17(26(32)33)7-8-22(21)35-27/h2-4,7-8,13-14,16H,5-6,9-12,15H2,1H3,(H,29,31)(H,32,33). The van der Waals surface area contributed by atoms with E-state index in [1.54, 1.807) is 13.2 Å². The van der Waals surface area contributed by atoms with Crippen LogP contribution >= 0.6 is 0 Å². The number of fused-ring (bicyclic) bond motifs is 2. The number of hydrogen-bond acceptors (Lipinski definition) is 6. The van der Waals surface area contributed by atoms with E-state index in [2.05, 4.69) is 28.4 Å². The Morgan fingerprint density at radius 1 is 1.23 bits per heavy atom. The molecule has 3 aliphatic rings. The lowest BCUT2D eigenvalue weighted by molar-refractivity contribution is -0.0306. The average molecular weight is 474 g/mol. The van der Waals surface area contributed by atoms with Gasteiger partial charge < -0.3 is 19.9 Å². The largest absolute Gasteiger partial charge is 0.496 e. The van der Waals surface area contributed by atoms with Crippen molar-refractivity contribution in [2.24, 2.45) is 0 Å². The summed E-state index contributed by atoms with van der Waals surface area (Å²) in [5, 5.41) is 13.3. The number of benzene rings is 2. The van der Waals surface area contributed by atoms with Crippen molar-refractivity contribution >= 4 is 22.8 Å². The number of hydrogen-bond donors (Lipinski definition) is 2. The van der Waals surface area contributed by atoms with Crippen LogP contribution in [0.15, 0.2) is 42.5 Å². The predicted octanol–water partition coefficient (Wildman–Crippen LogP) is 3.93. The number of carboxylic acids is 1. The monoisotopic (exact) mass is 473 g/mol. The number of pyridine rings is 1. The molecular formula is C27H27N3O5. The number of amides is 1. The number of carbonyl (C=O) groups excluding carboxylic acids is 1. The summed E-state index contributed by atoms with van der Waals surface area (Å²) >= 11 is 0. The van der Waals surface area contributed by atoms with Gasteiger partial charge in [0.15, 0.2) is 5.72 Å². The van der Waals surface area contributed by atoms with E-state index in [1.807, 2.05) is 6.07 Å². The van der Waals surface area contributed by atoms with Gasteiger partial charge in [-0.1, -0.05) is 12.1 Å². The molecule has 8 nitrogen and oxygen atoms in total. The van der Waals surface area contributed by atoms with Crippen LogP contribution < -0.4 is 14.8 Å². The Morgan fingerprint density at radius 3 is 2.74 bits per heavy atom. The molecule has 3 aromatic rings. The molecular weight excluding hydrogens is 446 g/mol. The zero-order valence-corrected chi connectivity index (χ0v) is 19.5. The van der Waals surface area contributed by atoms with Crippen LogP contribution in [-0.2, 0) is 6.54 Å². The Balaban J connectivity index is 1.19. The van der Waals surface area contributed by atoms with E-state index in [0.29, 0.717) is 31.1 Å². The van der Waals surface area contributed by atoms with E-state index in [4.69, 9.17) is 14.5 Å². The van der Waals surface area contributed by atoms with Crippen LogP contribution in [0.5, 0.6) is 11.5 Å². The van der Waals surface area contributed by atoms with E-state index < -0.39 is 11.7 Å². The SMILES string of the molecule is COc1cc(CN2CCC3(CC2)NC(=O)c2cc(C(=O)O)ccc2O3)nc2c(C3CC3)cccc12. The first-order chi connectivity index (χ1) is 16.9. The quantitative estimate of drug-likeness (QED) is 0.579. The zero-order valence-electron chi connectivity index (χ0n) is 19.5. The third-order valence-electron chi connectivity index (χ3n) is 7.29. The van der Waals surface area contributed by atoms with Crippen molar-refractivity contribution < 1.29 is 24.2 Å². The molecule has 1 aliphatic carbocycles. The molecule has 0 unspecified atom stereocenters. The first-order valence-electron chi connectivity index (χ1n) is 12.0. The molecule has 0 bridgehead atoms. The van der Waals surface area contributed by atoms with Crippen molar-refractivity contribution in [2.75, 3.05) is 20.2 Å². The number of rotatable bonds is 5. The maximum absolute atomic E-state index is 12.8. The van der Waals surface area contributed by atoms with Gasteiger partial charge in [0.1, 0.15) is 11.5 Å². The first kappa shape index (κ1) is 21.9. The van der Waals surface area contributed by atoms with Crippen LogP contribution in [0.3, 0.4) is 0 Å². The van der Waals surface area contributed by atoms with Crippen molar-refractivity contribution in [3.8, 4) is 11.5 Å². The Bertz CT molecular complexity index is 1340. The molecule has 0 radical (unpaired) electrons. The summed E-state index contributed by atoms with van der Waals surface area (Å²) in [6, 6.07) is 12.8. The molecule has 2 aliphatic heterocycles. The highest BCUT2D eigenvalue weighted by molar-refractivity contribution is 6.01. The summed E-state index contributed by atoms with van der Waals surface area (Å²) in [4.78, 5) is 31.4. The van der Waals surface area contributed by atoms with Gasteiger partial charge in [-0.3, -0.25) is 14.7 Å². The minimum Gasteiger partial charge on any atom is -0.496 e. The van der Waals surface area contributed by atoms with Gasteiger partial charge in [0.05, 0.1) is 29.4 Å². The first-order valence-corrected chi connectivity index (χ1v) is 12.0. The van der Waals surface area contributed by atoms with E-state index in [0.717, 1.165) is 35.4 Å². The maximum atomic E-state index is 12.8. The number of carboxylic acid groups (broad SMARTS) is 1. The number of aromatic carboxylic acids is 1. The normalized spacial score (nSPS) is 19.2. The van der Waals surface area contributed by atoms with Crippen molar-refractivity contribution in [2.45, 2.75) is 43.9 Å². The van der Waals surface area contributed by atoms with Crippen LogP contribution in [-0.4, -0.2) is 52.8 Å². The van der Waals surface area contributed by atoms with Gasteiger partial charge in [0.25, 0.3) is 5.91 Å². The summed E-state index contributed by atoms with van der Waals surface area (Å²) in [5.41, 5.74) is 2.87. The van der Waals surface area contributed by atoms with Gasteiger partial charge >= 0.3 is 5.97 Å². The lowest BCUT2D eigenvalue weighted by atomic mass is 9.96. The van der Waals surface area contributed by atoms with Crippen molar-refractivity contribution in [1.82, 2.24) is 15.2 Å². The van der Waals surface area contributed by atoms with Crippen LogP contribution in [0.2, 0.25) is 0 Å². The Labute approximate surface area is 202 Å². The van der Waals surface area contributed by atoms with Gasteiger partial charge in [-0.15, -0.1) is 0 Å². The highest BCUT2D eigenvalue weighted by Crippen LogP contribution is 2.44. The highest BCUT2D eigenvalue weighted by atomic mass is 16.5. The average Bonchev–Trinajstić information content (AvgIpc) is 3.70. The fourth-order valence-corrected chi connectivity index (χ4v) is 5.23. The summed E-state index contributed by atoms with van der Waals surface area (Å²) < 4.78 is 11.9. The Morgan fingerprint density at radius 2 is 2.03 bits per heavy atom. The summed E-state index contributed by atoms with van der Waals surface area (Å²) in [5.74, 6) is 0.512. The third kappa shape index (κ3) is 3.97. The molecule has 1 saturated carbocycles. The van der Waals surface area contributed by atoms with E-state index in [-0.39, 0.29) is 17.0 Å². The van der Waals surface area contributed by atoms with Gasteiger partial charge in [0, 0.05) is 43.9 Å². The summed E-state index contributed by atoms with van der Waals surface area (Å²) in [6.07, 6.45) is 3.68. The number of para-hydroxylation sites is 1. The number of likely N-dealkylation sites (tertiary alicyclic amines) is 1. The van der Waals surface area contributed by atoms with Crippen LogP contribution in [0, 0.1) is 0 Å². The molecule has 0 atom stereocenters. The van der Waals surface area contributed by atoms with Gasteiger partial charge in [0.2, 0.25) is 0 Å². The van der Waals surface area contributed by atoms with E-state index in [9.17, 15) is 14.7 Å². The number of carbonyl (C=O) groups is 2. The second-order valence-electron chi connectivity index (χ2n) is 9.68. The van der Waals surface area contributed by atoms with Gasteiger partial charge in [-0.05, 0) is 48.6 Å². The lowest BCUT2D eigenvalue weighted by Crippen LogP contribution is -2.61. The van der Waals surface area contributed by atoms with Crippen molar-refractivity contribution in [3.05, 3.63) is 64.8 Å². The minimum absolute atomic E-state index is 0.0661. The van der Waals surface area contributed by atoms with Crippen LogP contribution in [0.25, 0.3) is 10.9 Å². The molecule has 1 aromatic heterocycles. The maximum Gasteiger partial charge on any atom is 0.335 e. The smallest absolute Gasteiger partial charge is 0.335 e. The molecule has 1 saturated heterocycles. The number of nitrogens with one attached hydrogen (secondary N) is 1. The summed E-state index contributed by atoms with van der Waals surface area (Å²) in [6.45, 7) is 2.15. The summed E-state index contributed by atoms with van der Waals surface area (Å²) in [7, 11) is 1.70. The molecule has 6 rings (SSSR count). The zero-order chi connectivity index (χ0) is 24.2. The van der Waals surface area contributed by atoms with Crippen LogP contribution in [0.4, 0.5) is 0 Å². The molecule has 1 spiro atoms. The second-order valence-corrected chi connectivity index (χ2v) is 9.68.